The fraction of sp³-hybridized carbons (Fsp3) is 0.348. The van der Waals surface area contributed by atoms with Gasteiger partial charge in [0.1, 0.15) is 5.75 Å². The van der Waals surface area contributed by atoms with Gasteiger partial charge in [0.25, 0.3) is 5.91 Å². The lowest BCUT2D eigenvalue weighted by atomic mass is 10.1. The van der Waals surface area contributed by atoms with Crippen LogP contribution in [-0.2, 0) is 11.2 Å². The van der Waals surface area contributed by atoms with Gasteiger partial charge in [0.15, 0.2) is 5.11 Å². The Labute approximate surface area is 183 Å². The monoisotopic (exact) mass is 427 g/mol. The summed E-state index contributed by atoms with van der Waals surface area (Å²) < 4.78 is 5.77. The predicted molar refractivity (Wildman–Crippen MR) is 124 cm³/mol. The molecular weight excluding hydrogens is 398 g/mol. The van der Waals surface area contributed by atoms with E-state index in [1.807, 2.05) is 44.2 Å². The van der Waals surface area contributed by atoms with Gasteiger partial charge in [0.05, 0.1) is 6.10 Å². The minimum atomic E-state index is -0.310. The van der Waals surface area contributed by atoms with Crippen molar-refractivity contribution in [1.82, 2.24) is 10.2 Å². The zero-order chi connectivity index (χ0) is 22.1. The maximum Gasteiger partial charge on any atom is 0.257 e. The Morgan fingerprint density at radius 2 is 1.87 bits per heavy atom. The quantitative estimate of drug-likeness (QED) is 0.623. The lowest BCUT2D eigenvalue weighted by Gasteiger charge is -2.14. The van der Waals surface area contributed by atoms with Gasteiger partial charge in [-0.3, -0.25) is 14.9 Å². The van der Waals surface area contributed by atoms with E-state index in [0.717, 1.165) is 17.7 Å². The van der Waals surface area contributed by atoms with Crippen molar-refractivity contribution in [1.29, 1.82) is 0 Å². The summed E-state index contributed by atoms with van der Waals surface area (Å²) in [6, 6.07) is 14.6. The summed E-state index contributed by atoms with van der Waals surface area (Å²) >= 11 is 5.28. The molecule has 2 amide bonds. The van der Waals surface area contributed by atoms with E-state index in [2.05, 4.69) is 10.6 Å². The summed E-state index contributed by atoms with van der Waals surface area (Å²) in [6.45, 7) is 4.02. The molecular formula is C23H29N3O3S. The first-order valence-electron chi connectivity index (χ1n) is 9.96. The Morgan fingerprint density at radius 1 is 1.13 bits per heavy atom. The van der Waals surface area contributed by atoms with Crippen molar-refractivity contribution in [2.75, 3.05) is 19.4 Å². The number of ether oxygens (including phenoxy) is 1. The summed E-state index contributed by atoms with van der Waals surface area (Å²) in [7, 11) is 3.49. The Morgan fingerprint density at radius 3 is 2.57 bits per heavy atom. The molecule has 6 nitrogen and oxygen atoms in total. The molecule has 7 heteroatoms. The van der Waals surface area contributed by atoms with Crippen molar-refractivity contribution in [3.8, 4) is 5.75 Å². The summed E-state index contributed by atoms with van der Waals surface area (Å²) in [5.74, 6) is 0.418. The molecule has 2 aromatic rings. The molecule has 0 aliphatic carbocycles. The highest BCUT2D eigenvalue weighted by atomic mass is 32.1. The minimum Gasteiger partial charge on any atom is -0.491 e. The van der Waals surface area contributed by atoms with E-state index >= 15 is 0 Å². The molecule has 0 bridgehead atoms. The van der Waals surface area contributed by atoms with Crippen LogP contribution in [0.1, 0.15) is 42.6 Å². The fourth-order valence-corrected chi connectivity index (χ4v) is 2.85. The molecule has 0 aliphatic rings. The minimum absolute atomic E-state index is 0.0753. The van der Waals surface area contributed by atoms with Crippen LogP contribution in [0.25, 0.3) is 0 Å². The van der Waals surface area contributed by atoms with E-state index in [-0.39, 0.29) is 23.0 Å². The second-order valence-corrected chi connectivity index (χ2v) is 7.67. The van der Waals surface area contributed by atoms with Crippen molar-refractivity contribution >= 4 is 34.8 Å². The average Bonchev–Trinajstić information content (AvgIpc) is 2.72. The van der Waals surface area contributed by atoms with E-state index in [0.29, 0.717) is 24.2 Å². The van der Waals surface area contributed by atoms with Gasteiger partial charge in [-0.05, 0) is 67.9 Å². The zero-order valence-electron chi connectivity index (χ0n) is 17.9. The normalized spacial score (nSPS) is 11.3. The smallest absolute Gasteiger partial charge is 0.257 e. The Kier molecular flexibility index (Phi) is 8.80. The number of carbonyl (C=O) groups is 2. The number of hydrogen-bond acceptors (Lipinski definition) is 4. The van der Waals surface area contributed by atoms with Crippen molar-refractivity contribution in [2.45, 2.75) is 39.2 Å². The van der Waals surface area contributed by atoms with E-state index in [4.69, 9.17) is 17.0 Å². The van der Waals surface area contributed by atoms with Crippen LogP contribution in [0.4, 0.5) is 5.69 Å². The third-order valence-electron chi connectivity index (χ3n) is 4.55. The van der Waals surface area contributed by atoms with E-state index in [9.17, 15) is 9.59 Å². The number of nitrogens with one attached hydrogen (secondary N) is 2. The standard InChI is InChI=1S/C23H29N3O3S/c1-5-16(2)29-20-11-7-9-18(15-20)22(28)25-23(30)24-19-10-6-8-17(14-19)12-13-21(27)26(3)4/h6-11,14-16H,5,12-13H2,1-4H3,(H2,24,25,28,30). The number of carbonyl (C=O) groups excluding carboxylic acids is 2. The zero-order valence-corrected chi connectivity index (χ0v) is 18.7. The lowest BCUT2D eigenvalue weighted by molar-refractivity contribution is -0.128. The van der Waals surface area contributed by atoms with Gasteiger partial charge in [-0.25, -0.2) is 0 Å². The number of benzene rings is 2. The fourth-order valence-electron chi connectivity index (χ4n) is 2.64. The van der Waals surface area contributed by atoms with E-state index in [1.165, 1.54) is 0 Å². The number of aryl methyl sites for hydroxylation is 1. The highest BCUT2D eigenvalue weighted by Gasteiger charge is 2.11. The molecule has 0 heterocycles. The molecule has 0 spiro atoms. The highest BCUT2D eigenvalue weighted by molar-refractivity contribution is 7.80. The van der Waals surface area contributed by atoms with Crippen molar-refractivity contribution in [3.63, 3.8) is 0 Å². The summed E-state index contributed by atoms with van der Waals surface area (Å²) in [6.07, 6.45) is 2.03. The Hall–Kier alpha value is -2.93. The first-order chi connectivity index (χ1) is 14.3. The maximum absolute atomic E-state index is 12.5. The van der Waals surface area contributed by atoms with Crippen LogP contribution in [0.15, 0.2) is 48.5 Å². The largest absolute Gasteiger partial charge is 0.491 e. The molecule has 2 rings (SSSR count). The first-order valence-corrected chi connectivity index (χ1v) is 10.4. The molecule has 0 aliphatic heterocycles. The number of anilines is 1. The number of amides is 2. The van der Waals surface area contributed by atoms with Crippen LogP contribution in [0, 0.1) is 0 Å². The van der Waals surface area contributed by atoms with Crippen molar-refractivity contribution in [2.24, 2.45) is 0 Å². The number of rotatable bonds is 8. The SMILES string of the molecule is CCC(C)Oc1cccc(C(=O)NC(=S)Nc2cccc(CCC(=O)N(C)C)c2)c1. The first kappa shape index (κ1) is 23.3. The molecule has 2 aromatic carbocycles. The number of thiocarbonyl (C=S) groups is 1. The molecule has 160 valence electrons. The highest BCUT2D eigenvalue weighted by Crippen LogP contribution is 2.16. The third kappa shape index (κ3) is 7.48. The van der Waals surface area contributed by atoms with Gasteiger partial charge in [-0.15, -0.1) is 0 Å². The van der Waals surface area contributed by atoms with Gasteiger partial charge in [-0.1, -0.05) is 25.1 Å². The molecule has 30 heavy (non-hydrogen) atoms. The molecule has 0 saturated heterocycles. The van der Waals surface area contributed by atoms with Crippen LogP contribution in [-0.4, -0.2) is 42.0 Å². The Bertz CT molecular complexity index is 899. The van der Waals surface area contributed by atoms with Gasteiger partial charge in [0.2, 0.25) is 5.91 Å². The second kappa shape index (κ2) is 11.3. The second-order valence-electron chi connectivity index (χ2n) is 7.26. The average molecular weight is 428 g/mol. The maximum atomic E-state index is 12.5. The topological polar surface area (TPSA) is 70.7 Å². The van der Waals surface area contributed by atoms with Gasteiger partial charge < -0.3 is 15.0 Å². The third-order valence-corrected chi connectivity index (χ3v) is 4.75. The van der Waals surface area contributed by atoms with Crippen LogP contribution in [0.2, 0.25) is 0 Å². The summed E-state index contributed by atoms with van der Waals surface area (Å²) in [5.41, 5.74) is 2.24. The number of nitrogens with zero attached hydrogens (tertiary/aromatic N) is 1. The van der Waals surface area contributed by atoms with Gasteiger partial charge in [-0.2, -0.15) is 0 Å². The molecule has 0 aromatic heterocycles. The van der Waals surface area contributed by atoms with Crippen LogP contribution in [0.3, 0.4) is 0 Å². The molecule has 0 radical (unpaired) electrons. The van der Waals surface area contributed by atoms with Crippen LogP contribution < -0.4 is 15.4 Å². The molecule has 0 fully saturated rings. The van der Waals surface area contributed by atoms with Crippen LogP contribution >= 0.6 is 12.2 Å². The summed E-state index contributed by atoms with van der Waals surface area (Å²) in [5, 5.41) is 5.91. The predicted octanol–water partition coefficient (Wildman–Crippen LogP) is 4.01. The lowest BCUT2D eigenvalue weighted by Crippen LogP contribution is -2.34. The summed E-state index contributed by atoms with van der Waals surface area (Å²) in [4.78, 5) is 25.9. The molecule has 2 N–H and O–H groups in total. The molecule has 1 unspecified atom stereocenters. The van der Waals surface area contributed by atoms with Crippen molar-refractivity contribution < 1.29 is 14.3 Å². The van der Waals surface area contributed by atoms with Gasteiger partial charge in [0, 0.05) is 31.8 Å². The van der Waals surface area contributed by atoms with E-state index < -0.39 is 0 Å². The molecule has 0 saturated carbocycles. The van der Waals surface area contributed by atoms with Crippen molar-refractivity contribution in [3.05, 3.63) is 59.7 Å². The van der Waals surface area contributed by atoms with Gasteiger partial charge >= 0.3 is 0 Å². The number of hydrogen-bond donors (Lipinski definition) is 2. The molecule has 1 atom stereocenters. The van der Waals surface area contributed by atoms with E-state index in [1.54, 1.807) is 37.2 Å². The van der Waals surface area contributed by atoms with Crippen LogP contribution in [0.5, 0.6) is 5.75 Å². The Balaban J connectivity index is 1.94.